The molecule has 1 rings (SSSR count). The minimum absolute atomic E-state index is 0.358. The number of nitrogens with zero attached hydrogens (tertiary/aromatic N) is 1. The Kier molecular flexibility index (Phi) is 2.55. The average Bonchev–Trinajstić information content (AvgIpc) is 1.85. The molecule has 11 heavy (non-hydrogen) atoms. The average molecular weight is 157 g/mol. The fraction of sp³-hybridized carbons (Fsp3) is 1.00. The Labute approximate surface area is 69.2 Å². The van der Waals surface area contributed by atoms with Gasteiger partial charge in [0.1, 0.15) is 0 Å². The van der Waals surface area contributed by atoms with Gasteiger partial charge in [0.2, 0.25) is 0 Å². The third kappa shape index (κ3) is 1.94. The standard InChI is InChI=1S/C9H19NO/c1-9(11)7-5-4-6-8(9)10(2)3/h8,11H,4-7H2,1-3H3. The van der Waals surface area contributed by atoms with E-state index in [-0.39, 0.29) is 0 Å². The summed E-state index contributed by atoms with van der Waals surface area (Å²) in [5.41, 5.74) is -0.457. The van der Waals surface area contributed by atoms with Crippen LogP contribution in [-0.4, -0.2) is 35.7 Å². The summed E-state index contributed by atoms with van der Waals surface area (Å²) in [6, 6.07) is 0.358. The largest absolute Gasteiger partial charge is 0.389 e. The first-order valence-corrected chi connectivity index (χ1v) is 4.43. The van der Waals surface area contributed by atoms with E-state index in [0.717, 1.165) is 12.8 Å². The molecule has 0 radical (unpaired) electrons. The van der Waals surface area contributed by atoms with Crippen molar-refractivity contribution in [1.29, 1.82) is 0 Å². The molecular weight excluding hydrogens is 138 g/mol. The number of rotatable bonds is 1. The van der Waals surface area contributed by atoms with Crippen LogP contribution in [0.2, 0.25) is 0 Å². The Bertz CT molecular complexity index is 132. The van der Waals surface area contributed by atoms with E-state index in [9.17, 15) is 5.11 Å². The van der Waals surface area contributed by atoms with Gasteiger partial charge in [-0.1, -0.05) is 12.8 Å². The van der Waals surface area contributed by atoms with Gasteiger partial charge in [-0.15, -0.1) is 0 Å². The quantitative estimate of drug-likeness (QED) is 0.619. The van der Waals surface area contributed by atoms with Gasteiger partial charge in [-0.25, -0.2) is 0 Å². The van der Waals surface area contributed by atoms with Crippen molar-refractivity contribution in [3.05, 3.63) is 0 Å². The van der Waals surface area contributed by atoms with Gasteiger partial charge in [-0.3, -0.25) is 0 Å². The lowest BCUT2D eigenvalue weighted by molar-refractivity contribution is -0.0453. The zero-order chi connectivity index (χ0) is 8.48. The normalized spacial score (nSPS) is 39.5. The van der Waals surface area contributed by atoms with E-state index in [4.69, 9.17) is 0 Å². The van der Waals surface area contributed by atoms with Gasteiger partial charge >= 0.3 is 0 Å². The van der Waals surface area contributed by atoms with E-state index in [1.165, 1.54) is 12.8 Å². The zero-order valence-corrected chi connectivity index (χ0v) is 7.80. The molecule has 0 aromatic rings. The third-order valence-corrected chi connectivity index (χ3v) is 2.75. The number of hydrogen-bond acceptors (Lipinski definition) is 2. The van der Waals surface area contributed by atoms with Crippen LogP contribution in [0.3, 0.4) is 0 Å². The number of hydrogen-bond donors (Lipinski definition) is 1. The Balaban J connectivity index is 2.60. The zero-order valence-electron chi connectivity index (χ0n) is 7.80. The molecule has 1 fully saturated rings. The first kappa shape index (κ1) is 9.01. The Hall–Kier alpha value is -0.0800. The summed E-state index contributed by atoms with van der Waals surface area (Å²) >= 11 is 0. The van der Waals surface area contributed by atoms with Gasteiger partial charge in [-0.05, 0) is 33.9 Å². The van der Waals surface area contributed by atoms with E-state index < -0.39 is 5.60 Å². The van der Waals surface area contributed by atoms with Gasteiger partial charge in [0, 0.05) is 6.04 Å². The van der Waals surface area contributed by atoms with Crippen LogP contribution < -0.4 is 0 Å². The number of likely N-dealkylation sites (N-methyl/N-ethyl adjacent to an activating group) is 1. The fourth-order valence-electron chi connectivity index (χ4n) is 2.11. The monoisotopic (exact) mass is 157 g/mol. The lowest BCUT2D eigenvalue weighted by atomic mass is 9.81. The molecule has 0 aromatic heterocycles. The van der Waals surface area contributed by atoms with Crippen LogP contribution in [0.25, 0.3) is 0 Å². The summed E-state index contributed by atoms with van der Waals surface area (Å²) in [7, 11) is 4.09. The number of aliphatic hydroxyl groups is 1. The van der Waals surface area contributed by atoms with Crippen molar-refractivity contribution in [3.63, 3.8) is 0 Å². The SMILES string of the molecule is CN(C)C1CCCCC1(C)O. The van der Waals surface area contributed by atoms with Crippen LogP contribution in [0.5, 0.6) is 0 Å². The van der Waals surface area contributed by atoms with Gasteiger partial charge in [0.25, 0.3) is 0 Å². The van der Waals surface area contributed by atoms with E-state index in [1.807, 2.05) is 21.0 Å². The molecule has 2 atom stereocenters. The molecule has 66 valence electrons. The summed E-state index contributed by atoms with van der Waals surface area (Å²) in [4.78, 5) is 2.14. The Morgan fingerprint density at radius 1 is 1.36 bits per heavy atom. The highest BCUT2D eigenvalue weighted by Crippen LogP contribution is 2.30. The molecule has 1 aliphatic carbocycles. The molecule has 2 heteroatoms. The molecule has 0 heterocycles. The second-order valence-electron chi connectivity index (χ2n) is 4.08. The van der Waals surface area contributed by atoms with E-state index in [0.29, 0.717) is 6.04 Å². The molecule has 1 N–H and O–H groups in total. The fourth-order valence-corrected chi connectivity index (χ4v) is 2.11. The van der Waals surface area contributed by atoms with Crippen molar-refractivity contribution in [2.45, 2.75) is 44.2 Å². The van der Waals surface area contributed by atoms with Gasteiger partial charge in [0.05, 0.1) is 5.60 Å². The highest BCUT2D eigenvalue weighted by Gasteiger charge is 2.35. The second kappa shape index (κ2) is 3.11. The maximum Gasteiger partial charge on any atom is 0.0774 e. The molecule has 0 saturated heterocycles. The van der Waals surface area contributed by atoms with Gasteiger partial charge in [0.15, 0.2) is 0 Å². The van der Waals surface area contributed by atoms with E-state index >= 15 is 0 Å². The van der Waals surface area contributed by atoms with E-state index in [2.05, 4.69) is 4.90 Å². The predicted octanol–water partition coefficient (Wildman–Crippen LogP) is 1.24. The summed E-state index contributed by atoms with van der Waals surface area (Å²) in [6.07, 6.45) is 4.53. The minimum Gasteiger partial charge on any atom is -0.389 e. The highest BCUT2D eigenvalue weighted by molar-refractivity contribution is 4.90. The first-order valence-electron chi connectivity index (χ1n) is 4.43. The van der Waals surface area contributed by atoms with Crippen molar-refractivity contribution >= 4 is 0 Å². The smallest absolute Gasteiger partial charge is 0.0774 e. The Morgan fingerprint density at radius 2 is 2.00 bits per heavy atom. The molecule has 2 nitrogen and oxygen atoms in total. The van der Waals surface area contributed by atoms with E-state index in [1.54, 1.807) is 0 Å². The van der Waals surface area contributed by atoms with Crippen molar-refractivity contribution in [1.82, 2.24) is 4.90 Å². The minimum atomic E-state index is -0.457. The maximum absolute atomic E-state index is 9.96. The van der Waals surface area contributed by atoms with Crippen LogP contribution in [-0.2, 0) is 0 Å². The van der Waals surface area contributed by atoms with Crippen LogP contribution in [0.4, 0.5) is 0 Å². The molecule has 0 aromatic carbocycles. The van der Waals surface area contributed by atoms with Crippen molar-refractivity contribution in [3.8, 4) is 0 Å². The second-order valence-corrected chi connectivity index (χ2v) is 4.08. The van der Waals surface area contributed by atoms with Crippen molar-refractivity contribution in [2.24, 2.45) is 0 Å². The molecule has 0 aliphatic heterocycles. The van der Waals surface area contributed by atoms with Crippen LogP contribution >= 0.6 is 0 Å². The van der Waals surface area contributed by atoms with Crippen molar-refractivity contribution < 1.29 is 5.11 Å². The molecule has 1 aliphatic rings. The Morgan fingerprint density at radius 3 is 2.36 bits per heavy atom. The van der Waals surface area contributed by atoms with Gasteiger partial charge in [-0.2, -0.15) is 0 Å². The summed E-state index contributed by atoms with van der Waals surface area (Å²) in [5, 5.41) is 9.96. The molecule has 0 bridgehead atoms. The summed E-state index contributed by atoms with van der Waals surface area (Å²) < 4.78 is 0. The molecule has 0 spiro atoms. The summed E-state index contributed by atoms with van der Waals surface area (Å²) in [5.74, 6) is 0. The van der Waals surface area contributed by atoms with Crippen LogP contribution in [0.15, 0.2) is 0 Å². The molecule has 2 unspecified atom stereocenters. The lowest BCUT2D eigenvalue weighted by Gasteiger charge is -2.40. The van der Waals surface area contributed by atoms with Crippen LogP contribution in [0, 0.1) is 0 Å². The summed E-state index contributed by atoms with van der Waals surface area (Å²) in [6.45, 7) is 1.96. The predicted molar refractivity (Wildman–Crippen MR) is 46.6 cm³/mol. The first-order chi connectivity index (χ1) is 5.04. The topological polar surface area (TPSA) is 23.5 Å². The van der Waals surface area contributed by atoms with Gasteiger partial charge < -0.3 is 10.0 Å². The molecular formula is C9H19NO. The highest BCUT2D eigenvalue weighted by atomic mass is 16.3. The third-order valence-electron chi connectivity index (χ3n) is 2.75. The molecule has 0 amide bonds. The maximum atomic E-state index is 9.96. The van der Waals surface area contributed by atoms with Crippen molar-refractivity contribution in [2.75, 3.05) is 14.1 Å². The lowest BCUT2D eigenvalue weighted by Crippen LogP contribution is -2.50. The van der Waals surface area contributed by atoms with Crippen LogP contribution in [0.1, 0.15) is 32.6 Å². The molecule has 1 saturated carbocycles.